The summed E-state index contributed by atoms with van der Waals surface area (Å²) < 4.78 is 0. The Morgan fingerprint density at radius 1 is 1.48 bits per heavy atom. The van der Waals surface area contributed by atoms with Crippen molar-refractivity contribution in [3.05, 3.63) is 21.4 Å². The van der Waals surface area contributed by atoms with Gasteiger partial charge in [0.25, 0.3) is 0 Å². The molecule has 1 saturated heterocycles. The lowest BCUT2D eigenvalue weighted by molar-refractivity contribution is -0.141. The van der Waals surface area contributed by atoms with E-state index >= 15 is 0 Å². The van der Waals surface area contributed by atoms with Gasteiger partial charge in [-0.25, -0.2) is 9.59 Å². The SMILES string of the molecule is CCC1SCC(C(=O)O)N1C(=O)NCc1cc(C)c(C)s1. The molecule has 2 atom stereocenters. The highest BCUT2D eigenvalue weighted by Gasteiger charge is 2.40. The molecule has 0 radical (unpaired) electrons. The molecule has 2 rings (SSSR count). The van der Waals surface area contributed by atoms with Crippen LogP contribution in [0.2, 0.25) is 0 Å². The highest BCUT2D eigenvalue weighted by Crippen LogP contribution is 2.31. The Labute approximate surface area is 132 Å². The van der Waals surface area contributed by atoms with Crippen molar-refractivity contribution >= 4 is 35.1 Å². The molecule has 2 heterocycles. The van der Waals surface area contributed by atoms with Gasteiger partial charge in [0, 0.05) is 15.5 Å². The Bertz CT molecular complexity index is 525. The number of hydrogen-bond donors (Lipinski definition) is 2. The van der Waals surface area contributed by atoms with Crippen molar-refractivity contribution in [3.8, 4) is 0 Å². The van der Waals surface area contributed by atoms with Crippen LogP contribution in [0.3, 0.4) is 0 Å². The fourth-order valence-corrected chi connectivity index (χ4v) is 4.67. The minimum atomic E-state index is -0.934. The highest BCUT2D eigenvalue weighted by atomic mass is 32.2. The molecule has 2 amide bonds. The number of carbonyl (C=O) groups is 2. The Hall–Kier alpha value is -1.21. The van der Waals surface area contributed by atoms with Gasteiger partial charge in [0.1, 0.15) is 6.04 Å². The Kier molecular flexibility index (Phi) is 5.16. The predicted molar refractivity (Wildman–Crippen MR) is 85.8 cm³/mol. The standard InChI is InChI=1S/C14H20N2O3S2/c1-4-12-16(11(7-20-12)13(17)18)14(19)15-6-10-5-8(2)9(3)21-10/h5,11-12H,4,6-7H2,1-3H3,(H,15,19)(H,17,18). The van der Waals surface area contributed by atoms with Crippen molar-refractivity contribution in [2.24, 2.45) is 0 Å². The molecule has 0 aromatic carbocycles. The number of thiophene rings is 1. The molecule has 1 fully saturated rings. The maximum Gasteiger partial charge on any atom is 0.327 e. The molecular formula is C14H20N2O3S2. The van der Waals surface area contributed by atoms with Crippen LogP contribution in [0, 0.1) is 13.8 Å². The van der Waals surface area contributed by atoms with E-state index in [9.17, 15) is 14.7 Å². The van der Waals surface area contributed by atoms with Crippen LogP contribution in [0.5, 0.6) is 0 Å². The lowest BCUT2D eigenvalue weighted by atomic mass is 10.2. The summed E-state index contributed by atoms with van der Waals surface area (Å²) >= 11 is 3.19. The van der Waals surface area contributed by atoms with Crippen molar-refractivity contribution in [2.75, 3.05) is 5.75 Å². The zero-order valence-electron chi connectivity index (χ0n) is 12.4. The maximum absolute atomic E-state index is 12.3. The van der Waals surface area contributed by atoms with E-state index in [1.54, 1.807) is 11.3 Å². The quantitative estimate of drug-likeness (QED) is 0.892. The number of hydrogen-bond acceptors (Lipinski definition) is 4. The van der Waals surface area contributed by atoms with Crippen molar-refractivity contribution < 1.29 is 14.7 Å². The summed E-state index contributed by atoms with van der Waals surface area (Å²) in [5.74, 6) is -0.477. The van der Waals surface area contributed by atoms with Gasteiger partial charge in [-0.15, -0.1) is 23.1 Å². The van der Waals surface area contributed by atoms with Crippen molar-refractivity contribution in [2.45, 2.75) is 45.2 Å². The van der Waals surface area contributed by atoms with Gasteiger partial charge < -0.3 is 10.4 Å². The molecule has 7 heteroatoms. The average Bonchev–Trinajstić information content (AvgIpc) is 3.00. The topological polar surface area (TPSA) is 69.6 Å². The summed E-state index contributed by atoms with van der Waals surface area (Å²) in [6, 6.07) is 1.04. The second kappa shape index (κ2) is 6.70. The number of aliphatic carboxylic acids is 1. The largest absolute Gasteiger partial charge is 0.480 e. The predicted octanol–water partition coefficient (Wildman–Crippen LogP) is 2.81. The number of carboxylic acid groups (broad SMARTS) is 1. The van der Waals surface area contributed by atoms with Gasteiger partial charge in [-0.3, -0.25) is 4.90 Å². The third-order valence-electron chi connectivity index (χ3n) is 3.59. The minimum Gasteiger partial charge on any atom is -0.480 e. The Morgan fingerprint density at radius 3 is 2.71 bits per heavy atom. The van der Waals surface area contributed by atoms with E-state index in [0.29, 0.717) is 12.3 Å². The minimum absolute atomic E-state index is 0.0575. The average molecular weight is 328 g/mol. The number of carboxylic acids is 1. The van der Waals surface area contributed by atoms with E-state index in [1.807, 2.05) is 13.8 Å². The lowest BCUT2D eigenvalue weighted by Gasteiger charge is -2.26. The Balaban J connectivity index is 2.01. The first kappa shape index (κ1) is 16.2. The number of nitrogens with zero attached hydrogens (tertiary/aromatic N) is 1. The van der Waals surface area contributed by atoms with Gasteiger partial charge in [-0.1, -0.05) is 6.92 Å². The van der Waals surface area contributed by atoms with Crippen LogP contribution in [0.4, 0.5) is 4.79 Å². The van der Waals surface area contributed by atoms with Gasteiger partial charge in [0.05, 0.1) is 11.9 Å². The van der Waals surface area contributed by atoms with Crippen LogP contribution in [-0.4, -0.2) is 39.2 Å². The molecule has 5 nitrogen and oxygen atoms in total. The molecule has 0 aliphatic carbocycles. The first-order valence-corrected chi connectivity index (χ1v) is 8.77. The monoisotopic (exact) mass is 328 g/mol. The molecular weight excluding hydrogens is 308 g/mol. The summed E-state index contributed by atoms with van der Waals surface area (Å²) in [5.41, 5.74) is 1.22. The van der Waals surface area contributed by atoms with Crippen LogP contribution in [0.25, 0.3) is 0 Å². The summed E-state index contributed by atoms with van der Waals surface area (Å²) in [4.78, 5) is 27.4. The second-order valence-electron chi connectivity index (χ2n) is 5.07. The number of rotatable bonds is 4. The third-order valence-corrected chi connectivity index (χ3v) is 6.20. The van der Waals surface area contributed by atoms with Crippen LogP contribution in [0.1, 0.15) is 28.7 Å². The number of carbonyl (C=O) groups excluding carboxylic acids is 1. The zero-order chi connectivity index (χ0) is 15.6. The summed E-state index contributed by atoms with van der Waals surface area (Å²) in [5, 5.41) is 12.0. The molecule has 0 spiro atoms. The zero-order valence-corrected chi connectivity index (χ0v) is 14.0. The Morgan fingerprint density at radius 2 is 2.19 bits per heavy atom. The van der Waals surface area contributed by atoms with Gasteiger partial charge in [0.2, 0.25) is 0 Å². The van der Waals surface area contributed by atoms with E-state index in [4.69, 9.17) is 0 Å². The molecule has 1 aliphatic heterocycles. The normalized spacial score (nSPS) is 21.6. The molecule has 2 N–H and O–H groups in total. The smallest absolute Gasteiger partial charge is 0.327 e. The van der Waals surface area contributed by atoms with Gasteiger partial charge in [-0.05, 0) is 31.9 Å². The van der Waals surface area contributed by atoms with Crippen molar-refractivity contribution in [1.82, 2.24) is 10.2 Å². The van der Waals surface area contributed by atoms with Gasteiger partial charge in [0.15, 0.2) is 0 Å². The van der Waals surface area contributed by atoms with E-state index in [-0.39, 0.29) is 11.4 Å². The molecule has 116 valence electrons. The molecule has 0 bridgehead atoms. The highest BCUT2D eigenvalue weighted by molar-refractivity contribution is 8.00. The fourth-order valence-electron chi connectivity index (χ4n) is 2.33. The molecule has 1 aromatic rings. The summed E-state index contributed by atoms with van der Waals surface area (Å²) in [7, 11) is 0. The van der Waals surface area contributed by atoms with Gasteiger partial charge in [-0.2, -0.15) is 0 Å². The number of amides is 2. The van der Waals surface area contributed by atoms with Crippen LogP contribution < -0.4 is 5.32 Å². The van der Waals surface area contributed by atoms with E-state index in [1.165, 1.54) is 27.1 Å². The molecule has 21 heavy (non-hydrogen) atoms. The molecule has 0 saturated carbocycles. The molecule has 2 unspecified atom stereocenters. The van der Waals surface area contributed by atoms with E-state index in [2.05, 4.69) is 18.3 Å². The van der Waals surface area contributed by atoms with Crippen molar-refractivity contribution in [3.63, 3.8) is 0 Å². The van der Waals surface area contributed by atoms with Crippen molar-refractivity contribution in [1.29, 1.82) is 0 Å². The van der Waals surface area contributed by atoms with Crippen LogP contribution in [0.15, 0.2) is 6.07 Å². The fraction of sp³-hybridized carbons (Fsp3) is 0.571. The molecule has 1 aliphatic rings. The number of urea groups is 1. The number of nitrogens with one attached hydrogen (secondary N) is 1. The molecule has 1 aromatic heterocycles. The number of aryl methyl sites for hydroxylation is 2. The second-order valence-corrected chi connectivity index (χ2v) is 7.62. The first-order chi connectivity index (χ1) is 9.93. The third kappa shape index (κ3) is 3.52. The lowest BCUT2D eigenvalue weighted by Crippen LogP contribution is -2.49. The first-order valence-electron chi connectivity index (χ1n) is 6.90. The van der Waals surface area contributed by atoms with E-state index in [0.717, 1.165) is 11.3 Å². The maximum atomic E-state index is 12.3. The van der Waals surface area contributed by atoms with E-state index < -0.39 is 12.0 Å². The number of thioether (sulfide) groups is 1. The van der Waals surface area contributed by atoms with Crippen LogP contribution >= 0.6 is 23.1 Å². The summed E-state index contributed by atoms with van der Waals surface area (Å²) in [6.45, 7) is 6.51. The van der Waals surface area contributed by atoms with Gasteiger partial charge >= 0.3 is 12.0 Å². The van der Waals surface area contributed by atoms with Crippen LogP contribution in [-0.2, 0) is 11.3 Å². The summed E-state index contributed by atoms with van der Waals surface area (Å²) in [6.07, 6.45) is 0.749.